The Hall–Kier alpha value is 1.62. The summed E-state index contributed by atoms with van der Waals surface area (Å²) >= 11 is 4.85. The molecule has 0 saturated heterocycles. The third-order valence-electron chi connectivity index (χ3n) is 1.88. The molecule has 1 aliphatic carbocycles. The molecule has 0 bridgehead atoms. The van der Waals surface area contributed by atoms with Gasteiger partial charge in [0.2, 0.25) is 0 Å². The third-order valence-corrected chi connectivity index (χ3v) is 7.63. The summed E-state index contributed by atoms with van der Waals surface area (Å²) < 4.78 is -3.62. The van der Waals surface area contributed by atoms with Crippen molar-refractivity contribution >= 4 is 45.5 Å². The van der Waals surface area contributed by atoms with E-state index in [-0.39, 0.29) is 16.8 Å². The van der Waals surface area contributed by atoms with Gasteiger partial charge in [0.1, 0.15) is 0 Å². The van der Waals surface area contributed by atoms with Crippen LogP contribution in [0.25, 0.3) is 0 Å². The summed E-state index contributed by atoms with van der Waals surface area (Å²) in [7, 11) is 0. The second-order valence-electron chi connectivity index (χ2n) is 7.18. The first-order chi connectivity index (χ1) is 5.91. The smallest absolute Gasteiger partial charge is 0 e. The average molecular weight is 540 g/mol. The molecule has 0 unspecified atom stereocenters. The Bertz CT molecular complexity index is 432. The molecular weight excluding hydrogens is 520 g/mol. The number of hydrogen-bond acceptors (Lipinski definition) is 1. The molecule has 1 aliphatic rings. The molecule has 16 heavy (non-hydrogen) atoms. The molecule has 0 N–H and O–H groups in total. The maximum atomic E-state index is 12.9. The Morgan fingerprint density at radius 2 is 1.62 bits per heavy atom. The van der Waals surface area contributed by atoms with E-state index in [2.05, 4.69) is 70.1 Å². The molecule has 102 valence electrons. The first-order valence-electron chi connectivity index (χ1n) is 4.26. The van der Waals surface area contributed by atoms with Crippen molar-refractivity contribution < 1.29 is 23.6 Å². The molecule has 1 radical (unpaired) electrons. The molecule has 0 atom stereocenters. The van der Waals surface area contributed by atoms with E-state index in [4.69, 9.17) is 0 Å². The van der Waals surface area contributed by atoms with E-state index in [1.54, 1.807) is 0 Å². The fraction of sp³-hybridized carbons (Fsp3) is 0.545. The minimum atomic E-state index is -3.93. The summed E-state index contributed by atoms with van der Waals surface area (Å²) in [5.41, 5.74) is 0.938. The van der Waals surface area contributed by atoms with Crippen LogP contribution in [0.5, 0.6) is 0 Å². The third kappa shape index (κ3) is 4.71. The van der Waals surface area contributed by atoms with Crippen LogP contribution in [-0.2, 0) is 23.6 Å². The summed E-state index contributed by atoms with van der Waals surface area (Å²) in [6.45, 7) is 0. The van der Waals surface area contributed by atoms with E-state index in [0.717, 1.165) is 12.0 Å². The monoisotopic (exact) mass is 540 g/mol. The van der Waals surface area contributed by atoms with Crippen molar-refractivity contribution in [2.24, 2.45) is 0 Å². The van der Waals surface area contributed by atoms with Crippen LogP contribution >= 0.6 is 40.8 Å². The normalized spacial score (nSPS) is 25.3. The van der Waals surface area contributed by atoms with Crippen molar-refractivity contribution in [2.45, 2.75) is 35.7 Å². The van der Waals surface area contributed by atoms with Gasteiger partial charge in [-0.15, -0.1) is 0 Å². The number of carbonyl (C=O) groups is 1. The van der Waals surface area contributed by atoms with Crippen LogP contribution in [0, 0.1) is 0 Å². The standard InChI is InChI=1S/C6H5O.5CH3.2Co.2HI/c7-5-6-3-1-2-4-6;;;;;;;;;/h1-3H,4H2;5*1H3;;;2*1H/q;;;;;;;+2;;/p-2. The number of hydrogen-bond donors (Lipinski definition) is 0. The Morgan fingerprint density at radius 1 is 1.19 bits per heavy atom. The summed E-state index contributed by atoms with van der Waals surface area (Å²) in [6, 6.07) is 0. The van der Waals surface area contributed by atoms with Crippen LogP contribution in [0.2, 0.25) is 29.3 Å². The van der Waals surface area contributed by atoms with Gasteiger partial charge in [-0.2, -0.15) is 0 Å². The van der Waals surface area contributed by atoms with Crippen LogP contribution in [0.4, 0.5) is 0 Å². The zero-order chi connectivity index (χ0) is 12.3. The van der Waals surface area contributed by atoms with Gasteiger partial charge in [0.15, 0.2) is 0 Å². The van der Waals surface area contributed by atoms with Gasteiger partial charge in [-0.3, -0.25) is 0 Å². The largest absolute Gasteiger partial charge is 0 e. The molecule has 5 heteroatoms. The number of rotatable bonds is 2. The Morgan fingerprint density at radius 3 is 1.88 bits per heavy atom. The number of halogens is 2. The van der Waals surface area contributed by atoms with Crippen LogP contribution in [-0.4, -0.2) is 4.72 Å². The molecule has 0 aromatic heterocycles. The first kappa shape index (κ1) is 17.6. The van der Waals surface area contributed by atoms with Crippen LogP contribution < -0.4 is 0 Å². The van der Waals surface area contributed by atoms with E-state index in [9.17, 15) is 4.79 Å². The molecule has 0 spiro atoms. The van der Waals surface area contributed by atoms with Crippen LogP contribution in [0.1, 0.15) is 6.42 Å². The quantitative estimate of drug-likeness (QED) is 0.416. The van der Waals surface area contributed by atoms with Gasteiger partial charge in [-0.25, -0.2) is 0 Å². The Labute approximate surface area is 127 Å². The molecule has 0 amide bonds. The van der Waals surface area contributed by atoms with E-state index < -0.39 is 2.02 Å². The fourth-order valence-corrected chi connectivity index (χ4v) is 5.22. The first-order valence-corrected chi connectivity index (χ1v) is 16.7. The predicted molar refractivity (Wildman–Crippen MR) is 84.2 cm³/mol. The molecule has 0 aromatic carbocycles. The van der Waals surface area contributed by atoms with E-state index in [0.29, 0.717) is 4.72 Å². The topological polar surface area (TPSA) is 17.1 Å². The SMILES string of the molecule is [CH3][Co]([CH3])([CH3])([CH3])([CH3])([I])([I])[C](=O)C1=CC=CC1.[Co]. The van der Waals surface area contributed by atoms with Gasteiger partial charge in [-0.1, -0.05) is 0 Å². The maximum Gasteiger partial charge on any atom is 0 e. The van der Waals surface area contributed by atoms with Crippen molar-refractivity contribution in [3.63, 3.8) is 0 Å². The summed E-state index contributed by atoms with van der Waals surface area (Å²) in [4.78, 5) is 12.9. The molecule has 0 heterocycles. The molecule has 1 rings (SSSR count). The molecule has 1 nitrogen and oxygen atoms in total. The van der Waals surface area contributed by atoms with Gasteiger partial charge in [0.25, 0.3) is 0 Å². The summed E-state index contributed by atoms with van der Waals surface area (Å²) in [6.07, 6.45) is 6.74. The van der Waals surface area contributed by atoms with Crippen LogP contribution in [0.15, 0.2) is 23.8 Å². The minimum Gasteiger partial charge on any atom is 0 e. The van der Waals surface area contributed by atoms with Gasteiger partial charge in [0, 0.05) is 16.8 Å². The van der Waals surface area contributed by atoms with Crippen molar-refractivity contribution in [1.82, 2.24) is 0 Å². The zero-order valence-corrected chi connectivity index (χ0v) is 16.7. The second kappa shape index (κ2) is 2.58. The van der Waals surface area contributed by atoms with Crippen molar-refractivity contribution in [3.8, 4) is 0 Å². The Kier molecular flexibility index (Phi) is 2.85. The van der Waals surface area contributed by atoms with E-state index in [1.807, 2.05) is 18.2 Å². The summed E-state index contributed by atoms with van der Waals surface area (Å²) in [5, 5.41) is 0. The number of carbonyl (C=O) groups excluding carboxylic acids is 1. The van der Waals surface area contributed by atoms with Crippen molar-refractivity contribution in [1.29, 1.82) is 0 Å². The predicted octanol–water partition coefficient (Wildman–Crippen LogP) is 5.63. The van der Waals surface area contributed by atoms with E-state index >= 15 is 0 Å². The van der Waals surface area contributed by atoms with E-state index in [1.165, 1.54) is 0 Å². The summed E-state index contributed by atoms with van der Waals surface area (Å²) in [5.74, 6) is 10.7. The zero-order valence-electron chi connectivity index (χ0n) is 10.3. The maximum absolute atomic E-state index is 12.9. The molecular formula is C11H20Co2I2O. The molecule has 0 saturated carbocycles. The molecule has 0 aliphatic heterocycles. The Balaban J connectivity index is 0.00000225. The fourth-order valence-electron chi connectivity index (χ4n) is 1.20. The van der Waals surface area contributed by atoms with Gasteiger partial charge in [-0.05, 0) is 0 Å². The molecule has 0 fully saturated rings. The van der Waals surface area contributed by atoms with Crippen molar-refractivity contribution in [2.75, 3.05) is 0 Å². The van der Waals surface area contributed by atoms with Crippen molar-refractivity contribution in [3.05, 3.63) is 23.8 Å². The van der Waals surface area contributed by atoms with Crippen LogP contribution in [0.3, 0.4) is 0 Å². The molecule has 0 aromatic rings. The average Bonchev–Trinajstić information content (AvgIpc) is 2.27. The van der Waals surface area contributed by atoms with Gasteiger partial charge < -0.3 is 0 Å². The minimum absolute atomic E-state index is 0. The second-order valence-corrected chi connectivity index (χ2v) is 66.4. The van der Waals surface area contributed by atoms with Gasteiger partial charge >= 0.3 is 112 Å². The number of allylic oxidation sites excluding steroid dienone is 4. The van der Waals surface area contributed by atoms with Gasteiger partial charge in [0.05, 0.1) is 0 Å².